The van der Waals surface area contributed by atoms with Crippen LogP contribution >= 0.6 is 0 Å². The van der Waals surface area contributed by atoms with Crippen LogP contribution in [0.15, 0.2) is 24.3 Å². The molecule has 4 rings (SSSR count). The minimum atomic E-state index is -0.407. The molecule has 1 saturated heterocycles. The number of hydrogen-bond donors (Lipinski definition) is 2. The molecule has 2 aromatic rings. The molecule has 0 unspecified atom stereocenters. The summed E-state index contributed by atoms with van der Waals surface area (Å²) >= 11 is 0. The molecular weight excluding hydrogens is 368 g/mol. The van der Waals surface area contributed by atoms with E-state index < -0.39 is 5.60 Å². The number of likely N-dealkylation sites (tertiary alicyclic amines) is 1. The SMILES string of the molecule is COC1(CNC(=O)CC2CCCC2)CCN(C(=O)c2n[nH]c3ccccc23)CC1. The molecule has 2 N–H and O–H groups in total. The molecule has 2 fully saturated rings. The fourth-order valence-electron chi connectivity index (χ4n) is 4.66. The smallest absolute Gasteiger partial charge is 0.274 e. The largest absolute Gasteiger partial charge is 0.376 e. The Labute approximate surface area is 171 Å². The zero-order valence-electron chi connectivity index (χ0n) is 17.1. The average molecular weight is 399 g/mol. The van der Waals surface area contributed by atoms with Crippen LogP contribution in [0.4, 0.5) is 0 Å². The molecule has 1 aliphatic carbocycles. The van der Waals surface area contributed by atoms with Gasteiger partial charge in [0.15, 0.2) is 5.69 Å². The van der Waals surface area contributed by atoms with Crippen molar-refractivity contribution in [1.29, 1.82) is 0 Å². The van der Waals surface area contributed by atoms with Crippen LogP contribution in [0, 0.1) is 5.92 Å². The van der Waals surface area contributed by atoms with Crippen LogP contribution in [0.1, 0.15) is 55.4 Å². The third-order valence-electron chi connectivity index (χ3n) is 6.62. The number of para-hydroxylation sites is 1. The van der Waals surface area contributed by atoms with Gasteiger partial charge in [-0.2, -0.15) is 5.10 Å². The van der Waals surface area contributed by atoms with Crippen molar-refractivity contribution in [2.45, 2.75) is 50.5 Å². The lowest BCUT2D eigenvalue weighted by molar-refractivity contribution is -0.124. The Hall–Kier alpha value is -2.41. The zero-order chi connectivity index (χ0) is 20.3. The van der Waals surface area contributed by atoms with Crippen molar-refractivity contribution >= 4 is 22.7 Å². The first kappa shape index (κ1) is 19.9. The quantitative estimate of drug-likeness (QED) is 0.783. The summed E-state index contributed by atoms with van der Waals surface area (Å²) in [7, 11) is 1.70. The molecule has 156 valence electrons. The van der Waals surface area contributed by atoms with Crippen molar-refractivity contribution < 1.29 is 14.3 Å². The van der Waals surface area contributed by atoms with Crippen LogP contribution in [0.5, 0.6) is 0 Å². The molecule has 0 atom stereocenters. The summed E-state index contributed by atoms with van der Waals surface area (Å²) in [6.45, 7) is 1.68. The number of H-pyrrole nitrogens is 1. The summed E-state index contributed by atoms with van der Waals surface area (Å²) in [6, 6.07) is 7.66. The van der Waals surface area contributed by atoms with E-state index in [2.05, 4.69) is 15.5 Å². The summed E-state index contributed by atoms with van der Waals surface area (Å²) in [5.41, 5.74) is 0.926. The second-order valence-corrected chi connectivity index (χ2v) is 8.43. The number of methoxy groups -OCH3 is 1. The topological polar surface area (TPSA) is 87.3 Å². The molecule has 1 aliphatic heterocycles. The minimum absolute atomic E-state index is 0.0579. The number of piperidine rings is 1. The Bertz CT molecular complexity index is 864. The lowest BCUT2D eigenvalue weighted by atomic mass is 9.90. The number of aromatic nitrogens is 2. The number of aromatic amines is 1. The number of nitrogens with one attached hydrogen (secondary N) is 2. The van der Waals surface area contributed by atoms with E-state index >= 15 is 0 Å². The first-order valence-electron chi connectivity index (χ1n) is 10.6. The monoisotopic (exact) mass is 398 g/mol. The summed E-state index contributed by atoms with van der Waals surface area (Å²) in [6.07, 6.45) is 6.84. The maximum atomic E-state index is 13.0. The third-order valence-corrected chi connectivity index (χ3v) is 6.62. The fourth-order valence-corrected chi connectivity index (χ4v) is 4.66. The normalized spacial score (nSPS) is 19.6. The highest BCUT2D eigenvalue weighted by atomic mass is 16.5. The van der Waals surface area contributed by atoms with E-state index in [1.807, 2.05) is 29.2 Å². The number of amides is 2. The van der Waals surface area contributed by atoms with E-state index in [0.29, 0.717) is 50.5 Å². The molecule has 2 heterocycles. The number of benzene rings is 1. The van der Waals surface area contributed by atoms with Crippen LogP contribution < -0.4 is 5.32 Å². The Balaban J connectivity index is 1.33. The number of fused-ring (bicyclic) bond motifs is 1. The van der Waals surface area contributed by atoms with Gasteiger partial charge in [-0.15, -0.1) is 0 Å². The molecule has 0 bridgehead atoms. The molecule has 2 amide bonds. The van der Waals surface area contributed by atoms with Gasteiger partial charge in [-0.05, 0) is 37.7 Å². The molecule has 2 aliphatic rings. The van der Waals surface area contributed by atoms with Gasteiger partial charge in [0, 0.05) is 38.6 Å². The van der Waals surface area contributed by atoms with Crippen LogP contribution in [-0.2, 0) is 9.53 Å². The molecule has 7 nitrogen and oxygen atoms in total. The van der Waals surface area contributed by atoms with E-state index in [4.69, 9.17) is 4.74 Å². The van der Waals surface area contributed by atoms with Crippen molar-refractivity contribution in [3.05, 3.63) is 30.0 Å². The van der Waals surface area contributed by atoms with E-state index in [1.165, 1.54) is 25.7 Å². The van der Waals surface area contributed by atoms with E-state index in [9.17, 15) is 9.59 Å². The Morgan fingerprint density at radius 1 is 1.24 bits per heavy atom. The Morgan fingerprint density at radius 2 is 1.97 bits per heavy atom. The Morgan fingerprint density at radius 3 is 2.69 bits per heavy atom. The highest BCUT2D eigenvalue weighted by molar-refractivity contribution is 6.04. The van der Waals surface area contributed by atoms with Crippen LogP contribution in [0.2, 0.25) is 0 Å². The van der Waals surface area contributed by atoms with E-state index in [1.54, 1.807) is 7.11 Å². The highest BCUT2D eigenvalue weighted by Gasteiger charge is 2.37. The van der Waals surface area contributed by atoms with Crippen molar-refractivity contribution in [3.63, 3.8) is 0 Å². The molecule has 1 aromatic heterocycles. The molecule has 0 radical (unpaired) electrons. The van der Waals surface area contributed by atoms with Crippen LogP contribution in [0.3, 0.4) is 0 Å². The first-order chi connectivity index (χ1) is 14.1. The second-order valence-electron chi connectivity index (χ2n) is 8.43. The van der Waals surface area contributed by atoms with Gasteiger partial charge in [-0.1, -0.05) is 31.0 Å². The van der Waals surface area contributed by atoms with Gasteiger partial charge in [-0.25, -0.2) is 0 Å². The summed E-state index contributed by atoms with van der Waals surface area (Å²) < 4.78 is 5.81. The molecule has 1 saturated carbocycles. The molecule has 29 heavy (non-hydrogen) atoms. The number of rotatable bonds is 6. The number of nitrogens with zero attached hydrogens (tertiary/aromatic N) is 2. The number of carbonyl (C=O) groups excluding carboxylic acids is 2. The summed E-state index contributed by atoms with van der Waals surface area (Å²) in [5, 5.41) is 11.1. The van der Waals surface area contributed by atoms with Crippen molar-refractivity contribution in [1.82, 2.24) is 20.4 Å². The predicted molar refractivity (Wildman–Crippen MR) is 111 cm³/mol. The number of carbonyl (C=O) groups is 2. The van der Waals surface area contributed by atoms with Gasteiger partial charge >= 0.3 is 0 Å². The summed E-state index contributed by atoms with van der Waals surface area (Å²) in [5.74, 6) is 0.601. The standard InChI is InChI=1S/C22H30N4O3/c1-29-22(15-23-19(27)14-16-6-2-3-7-16)10-12-26(13-11-22)21(28)20-17-8-4-5-9-18(17)24-25-20/h4-5,8-9,16H,2-3,6-7,10-15H2,1H3,(H,23,27)(H,24,25). The third kappa shape index (κ3) is 4.29. The van der Waals surface area contributed by atoms with Gasteiger partial charge in [0.05, 0.1) is 11.1 Å². The summed E-state index contributed by atoms with van der Waals surface area (Å²) in [4.78, 5) is 27.1. The van der Waals surface area contributed by atoms with Gasteiger partial charge in [0.25, 0.3) is 5.91 Å². The maximum Gasteiger partial charge on any atom is 0.274 e. The van der Waals surface area contributed by atoms with Gasteiger partial charge < -0.3 is 15.0 Å². The van der Waals surface area contributed by atoms with E-state index in [-0.39, 0.29) is 11.8 Å². The van der Waals surface area contributed by atoms with Gasteiger partial charge in [-0.3, -0.25) is 14.7 Å². The molecule has 7 heteroatoms. The molecular formula is C22H30N4O3. The Kier molecular flexibility index (Phi) is 5.85. The van der Waals surface area contributed by atoms with Crippen LogP contribution in [0.25, 0.3) is 10.9 Å². The first-order valence-corrected chi connectivity index (χ1v) is 10.6. The van der Waals surface area contributed by atoms with Gasteiger partial charge in [0.1, 0.15) is 0 Å². The van der Waals surface area contributed by atoms with Crippen molar-refractivity contribution in [2.24, 2.45) is 5.92 Å². The zero-order valence-corrected chi connectivity index (χ0v) is 17.1. The fraction of sp³-hybridized carbons (Fsp3) is 0.591. The van der Waals surface area contributed by atoms with E-state index in [0.717, 1.165) is 10.9 Å². The highest BCUT2D eigenvalue weighted by Crippen LogP contribution is 2.29. The van der Waals surface area contributed by atoms with Gasteiger partial charge in [0.2, 0.25) is 5.91 Å². The molecule has 0 spiro atoms. The molecule has 1 aromatic carbocycles. The number of ether oxygens (including phenoxy) is 1. The average Bonchev–Trinajstić information content (AvgIpc) is 3.42. The van der Waals surface area contributed by atoms with Crippen molar-refractivity contribution in [2.75, 3.05) is 26.7 Å². The minimum Gasteiger partial charge on any atom is -0.376 e. The predicted octanol–water partition coefficient (Wildman–Crippen LogP) is 2.88. The lowest BCUT2D eigenvalue weighted by Crippen LogP contribution is -2.53. The van der Waals surface area contributed by atoms with Crippen LogP contribution in [-0.4, -0.2) is 59.3 Å². The maximum absolute atomic E-state index is 13.0. The van der Waals surface area contributed by atoms with Crippen molar-refractivity contribution in [3.8, 4) is 0 Å². The lowest BCUT2D eigenvalue weighted by Gasteiger charge is -2.40. The number of hydrogen-bond acceptors (Lipinski definition) is 4. The second kappa shape index (κ2) is 8.53.